The largest absolute Gasteiger partial charge is 0.324 e. The molecule has 0 aromatic heterocycles. The molecule has 29 heavy (non-hydrogen) atoms. The number of rotatable bonds is 5. The van der Waals surface area contributed by atoms with Crippen molar-refractivity contribution in [2.75, 3.05) is 5.32 Å². The third-order valence-corrected chi connectivity index (χ3v) is 5.11. The van der Waals surface area contributed by atoms with Gasteiger partial charge in [0.05, 0.1) is 11.1 Å². The lowest BCUT2D eigenvalue weighted by Gasteiger charge is -2.26. The zero-order valence-corrected chi connectivity index (χ0v) is 16.0. The highest BCUT2D eigenvalue weighted by Gasteiger charge is 2.42. The van der Waals surface area contributed by atoms with E-state index in [1.54, 1.807) is 30.3 Å². The molecule has 0 fully saturated rings. The van der Waals surface area contributed by atoms with Crippen molar-refractivity contribution in [3.8, 4) is 0 Å². The first-order valence-corrected chi connectivity index (χ1v) is 9.43. The van der Waals surface area contributed by atoms with E-state index < -0.39 is 23.8 Å². The van der Waals surface area contributed by atoms with E-state index in [0.29, 0.717) is 16.8 Å². The first-order valence-electron chi connectivity index (χ1n) is 9.43. The van der Waals surface area contributed by atoms with E-state index in [2.05, 4.69) is 5.32 Å². The number of aryl methyl sites for hydroxylation is 1. The first-order chi connectivity index (χ1) is 14.1. The Kier molecular flexibility index (Phi) is 4.96. The van der Waals surface area contributed by atoms with Gasteiger partial charge in [0, 0.05) is 12.1 Å². The highest BCUT2D eigenvalue weighted by Crippen LogP contribution is 2.27. The summed E-state index contributed by atoms with van der Waals surface area (Å²) in [5, 5.41) is 2.89. The molecular weight excluding hydrogens is 364 g/mol. The van der Waals surface area contributed by atoms with Crippen molar-refractivity contribution in [2.24, 2.45) is 0 Å². The van der Waals surface area contributed by atoms with Gasteiger partial charge in [-0.25, -0.2) is 0 Å². The van der Waals surface area contributed by atoms with Crippen LogP contribution in [-0.2, 0) is 11.2 Å². The van der Waals surface area contributed by atoms with Crippen LogP contribution in [0, 0.1) is 6.92 Å². The van der Waals surface area contributed by atoms with Crippen molar-refractivity contribution in [2.45, 2.75) is 19.4 Å². The minimum absolute atomic E-state index is 0.240. The third kappa shape index (κ3) is 3.55. The second-order valence-corrected chi connectivity index (χ2v) is 7.04. The van der Waals surface area contributed by atoms with E-state index in [4.69, 9.17) is 0 Å². The predicted molar refractivity (Wildman–Crippen MR) is 111 cm³/mol. The number of carbonyl (C=O) groups is 3. The molecule has 3 aromatic carbocycles. The number of carbonyl (C=O) groups excluding carboxylic acids is 3. The molecule has 0 bridgehead atoms. The van der Waals surface area contributed by atoms with Crippen LogP contribution in [0.4, 0.5) is 5.69 Å². The number of nitrogens with zero attached hydrogens (tertiary/aromatic N) is 1. The second-order valence-electron chi connectivity index (χ2n) is 7.04. The molecule has 144 valence electrons. The number of imide groups is 1. The molecule has 1 aliphatic heterocycles. The van der Waals surface area contributed by atoms with Crippen molar-refractivity contribution < 1.29 is 14.4 Å². The molecule has 3 aromatic rings. The predicted octanol–water partition coefficient (Wildman–Crippen LogP) is 3.84. The number of anilines is 1. The van der Waals surface area contributed by atoms with Crippen LogP contribution in [0.15, 0.2) is 78.9 Å². The van der Waals surface area contributed by atoms with Gasteiger partial charge >= 0.3 is 0 Å². The molecule has 1 N–H and O–H groups in total. The average molecular weight is 384 g/mol. The number of amides is 3. The minimum atomic E-state index is -0.954. The molecule has 0 saturated carbocycles. The van der Waals surface area contributed by atoms with Crippen LogP contribution in [0.5, 0.6) is 0 Å². The summed E-state index contributed by atoms with van der Waals surface area (Å²) < 4.78 is 0. The lowest BCUT2D eigenvalue weighted by atomic mass is 10.0. The fraction of sp³-hybridized carbons (Fsp3) is 0.125. The summed E-state index contributed by atoms with van der Waals surface area (Å²) in [6.45, 7) is 1.89. The topological polar surface area (TPSA) is 66.5 Å². The van der Waals surface area contributed by atoms with Crippen molar-refractivity contribution >= 4 is 23.4 Å². The molecule has 3 amide bonds. The van der Waals surface area contributed by atoms with E-state index in [1.165, 1.54) is 0 Å². The Balaban J connectivity index is 1.69. The molecule has 4 rings (SSSR count). The molecule has 0 unspecified atom stereocenters. The Morgan fingerprint density at radius 1 is 0.828 bits per heavy atom. The third-order valence-electron chi connectivity index (χ3n) is 5.11. The minimum Gasteiger partial charge on any atom is -0.324 e. The standard InChI is InChI=1S/C24H20N2O3/c1-16-9-5-8-14-20(16)25-22(27)21(15-17-10-3-2-4-11-17)26-23(28)18-12-6-7-13-19(18)24(26)29/h2-14,21H,15H2,1H3,(H,25,27)/t21-/m1/s1. The van der Waals surface area contributed by atoms with Crippen molar-refractivity contribution in [3.05, 3.63) is 101 Å². The van der Waals surface area contributed by atoms with Gasteiger partial charge in [-0.1, -0.05) is 60.7 Å². The summed E-state index contributed by atoms with van der Waals surface area (Å²) in [5.74, 6) is -1.27. The van der Waals surface area contributed by atoms with Gasteiger partial charge in [0.25, 0.3) is 11.8 Å². The van der Waals surface area contributed by atoms with Crippen molar-refractivity contribution in [1.82, 2.24) is 4.90 Å². The maximum Gasteiger partial charge on any atom is 0.262 e. The summed E-state index contributed by atoms with van der Waals surface area (Å²) in [4.78, 5) is 40.3. The molecule has 1 heterocycles. The number of benzene rings is 3. The van der Waals surface area contributed by atoms with Gasteiger partial charge in [-0.05, 0) is 36.2 Å². The van der Waals surface area contributed by atoms with Crippen LogP contribution in [0.2, 0.25) is 0 Å². The molecule has 1 atom stereocenters. The molecule has 0 spiro atoms. The highest BCUT2D eigenvalue weighted by atomic mass is 16.2. The van der Waals surface area contributed by atoms with Gasteiger partial charge in [0.2, 0.25) is 5.91 Å². The van der Waals surface area contributed by atoms with Gasteiger partial charge < -0.3 is 5.32 Å². The summed E-state index contributed by atoms with van der Waals surface area (Å²) in [6.07, 6.45) is 0.240. The van der Waals surface area contributed by atoms with E-state index in [0.717, 1.165) is 16.0 Å². The molecule has 5 heteroatoms. The Morgan fingerprint density at radius 2 is 1.38 bits per heavy atom. The number of nitrogens with one attached hydrogen (secondary N) is 1. The Hall–Kier alpha value is -3.73. The summed E-state index contributed by atoms with van der Waals surface area (Å²) in [5.41, 5.74) is 3.10. The summed E-state index contributed by atoms with van der Waals surface area (Å²) in [6, 6.07) is 22.5. The number of fused-ring (bicyclic) bond motifs is 1. The van der Waals surface area contributed by atoms with Gasteiger partial charge in [-0.2, -0.15) is 0 Å². The molecule has 0 aliphatic carbocycles. The quantitative estimate of drug-likeness (QED) is 0.680. The van der Waals surface area contributed by atoms with Crippen LogP contribution in [0.1, 0.15) is 31.8 Å². The SMILES string of the molecule is Cc1ccccc1NC(=O)[C@@H](Cc1ccccc1)N1C(=O)c2ccccc2C1=O. The van der Waals surface area contributed by atoms with Gasteiger partial charge in [-0.3, -0.25) is 19.3 Å². The normalized spacial score (nSPS) is 13.9. The number of para-hydroxylation sites is 1. The van der Waals surface area contributed by atoms with E-state index in [9.17, 15) is 14.4 Å². The smallest absolute Gasteiger partial charge is 0.262 e. The summed E-state index contributed by atoms with van der Waals surface area (Å²) in [7, 11) is 0. The van der Waals surface area contributed by atoms with E-state index >= 15 is 0 Å². The van der Waals surface area contributed by atoms with Crippen molar-refractivity contribution in [1.29, 1.82) is 0 Å². The zero-order chi connectivity index (χ0) is 20.4. The lowest BCUT2D eigenvalue weighted by molar-refractivity contribution is -0.119. The van der Waals surface area contributed by atoms with Crippen LogP contribution in [-0.4, -0.2) is 28.7 Å². The van der Waals surface area contributed by atoms with Crippen LogP contribution in [0.25, 0.3) is 0 Å². The lowest BCUT2D eigenvalue weighted by Crippen LogP contribution is -2.48. The highest BCUT2D eigenvalue weighted by molar-refractivity contribution is 6.23. The average Bonchev–Trinajstić information content (AvgIpc) is 2.99. The fourth-order valence-corrected chi connectivity index (χ4v) is 3.56. The zero-order valence-electron chi connectivity index (χ0n) is 16.0. The van der Waals surface area contributed by atoms with Crippen LogP contribution in [0.3, 0.4) is 0 Å². The van der Waals surface area contributed by atoms with Crippen LogP contribution < -0.4 is 5.32 Å². The Morgan fingerprint density at radius 3 is 2.00 bits per heavy atom. The molecule has 0 saturated heterocycles. The molecular formula is C24H20N2O3. The number of hydrogen-bond acceptors (Lipinski definition) is 3. The van der Waals surface area contributed by atoms with Crippen LogP contribution >= 0.6 is 0 Å². The molecule has 0 radical (unpaired) electrons. The van der Waals surface area contributed by atoms with Crippen molar-refractivity contribution in [3.63, 3.8) is 0 Å². The van der Waals surface area contributed by atoms with E-state index in [1.807, 2.05) is 55.5 Å². The Bertz CT molecular complexity index is 1060. The molecule has 1 aliphatic rings. The molecule has 5 nitrogen and oxygen atoms in total. The van der Waals surface area contributed by atoms with E-state index in [-0.39, 0.29) is 6.42 Å². The fourth-order valence-electron chi connectivity index (χ4n) is 3.56. The maximum atomic E-state index is 13.2. The second kappa shape index (κ2) is 7.72. The summed E-state index contributed by atoms with van der Waals surface area (Å²) >= 11 is 0. The van der Waals surface area contributed by atoms with Gasteiger partial charge in [0.1, 0.15) is 6.04 Å². The van der Waals surface area contributed by atoms with Gasteiger partial charge in [-0.15, -0.1) is 0 Å². The monoisotopic (exact) mass is 384 g/mol. The van der Waals surface area contributed by atoms with Gasteiger partial charge in [0.15, 0.2) is 0 Å². The first kappa shape index (κ1) is 18.6. The Labute approximate surface area is 169 Å². The maximum absolute atomic E-state index is 13.2. The number of hydrogen-bond donors (Lipinski definition) is 1.